The minimum Gasteiger partial charge on any atom is -0.387 e. The lowest BCUT2D eigenvalue weighted by Crippen LogP contribution is -2.30. The minimum atomic E-state index is -0.822. The molecule has 2 nitrogen and oxygen atoms in total. The molecular formula is C13H18F2N2S. The first-order valence-electron chi connectivity index (χ1n) is 5.75. The van der Waals surface area contributed by atoms with Crippen molar-refractivity contribution < 1.29 is 8.78 Å². The second-order valence-electron chi connectivity index (χ2n) is 4.83. The van der Waals surface area contributed by atoms with Crippen molar-refractivity contribution in [3.05, 3.63) is 29.8 Å². The summed E-state index contributed by atoms with van der Waals surface area (Å²) in [5.41, 5.74) is 5.19. The fraction of sp³-hybridized carbons (Fsp3) is 0.462. The van der Waals surface area contributed by atoms with Gasteiger partial charge in [-0.25, -0.2) is 8.78 Å². The Morgan fingerprint density at radius 3 is 2.56 bits per heavy atom. The van der Waals surface area contributed by atoms with Crippen LogP contribution in [0.4, 0.5) is 8.78 Å². The molecule has 1 aromatic rings. The molecule has 0 aliphatic heterocycles. The van der Waals surface area contributed by atoms with Crippen LogP contribution in [0.2, 0.25) is 0 Å². The van der Waals surface area contributed by atoms with Gasteiger partial charge in [0, 0.05) is 10.3 Å². The SMILES string of the molecule is CC(C)(CCCSc1ccc(F)c(F)c1)C(=N)N. The maximum atomic E-state index is 13.0. The van der Waals surface area contributed by atoms with Crippen molar-refractivity contribution in [3.8, 4) is 0 Å². The molecule has 5 heteroatoms. The zero-order valence-corrected chi connectivity index (χ0v) is 11.4. The van der Waals surface area contributed by atoms with Crippen molar-refractivity contribution >= 4 is 17.6 Å². The Bertz CT molecular complexity index is 433. The van der Waals surface area contributed by atoms with Gasteiger partial charge in [-0.05, 0) is 36.8 Å². The van der Waals surface area contributed by atoms with Gasteiger partial charge in [-0.15, -0.1) is 11.8 Å². The second kappa shape index (κ2) is 6.18. The van der Waals surface area contributed by atoms with Gasteiger partial charge in [-0.1, -0.05) is 13.8 Å². The third-order valence-corrected chi connectivity index (χ3v) is 3.92. The van der Waals surface area contributed by atoms with Gasteiger partial charge < -0.3 is 5.73 Å². The lowest BCUT2D eigenvalue weighted by Gasteiger charge is -2.22. The van der Waals surface area contributed by atoms with Crippen molar-refractivity contribution in [1.82, 2.24) is 0 Å². The monoisotopic (exact) mass is 272 g/mol. The van der Waals surface area contributed by atoms with Gasteiger partial charge in [0.05, 0.1) is 5.84 Å². The molecule has 3 N–H and O–H groups in total. The predicted molar refractivity (Wildman–Crippen MR) is 72.0 cm³/mol. The van der Waals surface area contributed by atoms with E-state index < -0.39 is 11.6 Å². The van der Waals surface area contributed by atoms with Crippen molar-refractivity contribution in [2.24, 2.45) is 11.1 Å². The number of nitrogens with one attached hydrogen (secondary N) is 1. The molecule has 0 amide bonds. The lowest BCUT2D eigenvalue weighted by molar-refractivity contribution is 0.464. The Morgan fingerprint density at radius 2 is 2.00 bits per heavy atom. The highest BCUT2D eigenvalue weighted by atomic mass is 32.2. The average Bonchev–Trinajstić information content (AvgIpc) is 2.29. The van der Waals surface area contributed by atoms with Crippen molar-refractivity contribution in [1.29, 1.82) is 5.41 Å². The number of rotatable bonds is 6. The summed E-state index contributed by atoms with van der Waals surface area (Å²) >= 11 is 1.48. The number of halogens is 2. The normalized spacial score (nSPS) is 11.6. The van der Waals surface area contributed by atoms with Crippen LogP contribution in [0.15, 0.2) is 23.1 Å². The fourth-order valence-electron chi connectivity index (χ4n) is 1.41. The molecule has 100 valence electrons. The highest BCUT2D eigenvalue weighted by molar-refractivity contribution is 7.99. The fourth-order valence-corrected chi connectivity index (χ4v) is 2.28. The quantitative estimate of drug-likeness (QED) is 0.358. The smallest absolute Gasteiger partial charge is 0.159 e. The van der Waals surface area contributed by atoms with Crippen molar-refractivity contribution in [2.75, 3.05) is 5.75 Å². The van der Waals surface area contributed by atoms with E-state index in [9.17, 15) is 8.78 Å². The Morgan fingerprint density at radius 1 is 1.33 bits per heavy atom. The van der Waals surface area contributed by atoms with Crippen LogP contribution in [0, 0.1) is 22.5 Å². The van der Waals surface area contributed by atoms with Crippen LogP contribution in [0.5, 0.6) is 0 Å². The minimum absolute atomic E-state index is 0.181. The molecule has 0 saturated heterocycles. The second-order valence-corrected chi connectivity index (χ2v) is 5.99. The number of thioether (sulfide) groups is 1. The summed E-state index contributed by atoms with van der Waals surface area (Å²) in [7, 11) is 0. The summed E-state index contributed by atoms with van der Waals surface area (Å²) in [6.45, 7) is 3.86. The third kappa shape index (κ3) is 4.29. The summed E-state index contributed by atoms with van der Waals surface area (Å²) in [6.07, 6.45) is 1.68. The molecular weight excluding hydrogens is 254 g/mol. The van der Waals surface area contributed by atoms with Crippen molar-refractivity contribution in [3.63, 3.8) is 0 Å². The van der Waals surface area contributed by atoms with Gasteiger partial charge in [0.15, 0.2) is 11.6 Å². The van der Waals surface area contributed by atoms with Crippen LogP contribution in [0.1, 0.15) is 26.7 Å². The highest BCUT2D eigenvalue weighted by Gasteiger charge is 2.20. The molecule has 0 radical (unpaired) electrons. The molecule has 0 aliphatic rings. The van der Waals surface area contributed by atoms with Crippen LogP contribution >= 0.6 is 11.8 Å². The summed E-state index contributed by atoms with van der Waals surface area (Å²) in [5.74, 6) is -0.664. The first kappa shape index (κ1) is 15.0. The average molecular weight is 272 g/mol. The number of hydrogen-bond donors (Lipinski definition) is 2. The molecule has 0 fully saturated rings. The summed E-state index contributed by atoms with van der Waals surface area (Å²) in [5, 5.41) is 7.43. The van der Waals surface area contributed by atoms with Crippen LogP contribution in [-0.4, -0.2) is 11.6 Å². The van der Waals surface area contributed by atoms with Gasteiger partial charge in [-0.3, -0.25) is 5.41 Å². The predicted octanol–water partition coefficient (Wildman–Crippen LogP) is 3.80. The van der Waals surface area contributed by atoms with Gasteiger partial charge >= 0.3 is 0 Å². The largest absolute Gasteiger partial charge is 0.387 e. The summed E-state index contributed by atoms with van der Waals surface area (Å²) in [4.78, 5) is 0.717. The molecule has 1 aromatic carbocycles. The van der Waals surface area contributed by atoms with E-state index in [1.165, 1.54) is 17.8 Å². The summed E-state index contributed by atoms with van der Waals surface area (Å²) in [6, 6.07) is 3.91. The third-order valence-electron chi connectivity index (χ3n) is 2.84. The van der Waals surface area contributed by atoms with Crippen LogP contribution < -0.4 is 5.73 Å². The highest BCUT2D eigenvalue weighted by Crippen LogP contribution is 2.26. The topological polar surface area (TPSA) is 49.9 Å². The number of benzene rings is 1. The Hall–Kier alpha value is -1.10. The Kier molecular flexibility index (Phi) is 5.14. The van der Waals surface area contributed by atoms with Crippen LogP contribution in [0.3, 0.4) is 0 Å². The van der Waals surface area contributed by atoms with Crippen LogP contribution in [-0.2, 0) is 0 Å². The van der Waals surface area contributed by atoms with E-state index in [0.717, 1.165) is 29.6 Å². The maximum absolute atomic E-state index is 13.0. The van der Waals surface area contributed by atoms with E-state index >= 15 is 0 Å². The van der Waals surface area contributed by atoms with Gasteiger partial charge in [0.2, 0.25) is 0 Å². The molecule has 0 atom stereocenters. The maximum Gasteiger partial charge on any atom is 0.159 e. The Labute approximate surface area is 110 Å². The molecule has 0 aromatic heterocycles. The zero-order chi connectivity index (χ0) is 13.8. The van der Waals surface area contributed by atoms with Gasteiger partial charge in [0.25, 0.3) is 0 Å². The van der Waals surface area contributed by atoms with E-state index in [-0.39, 0.29) is 11.3 Å². The van der Waals surface area contributed by atoms with E-state index in [1.807, 2.05) is 13.8 Å². The molecule has 0 spiro atoms. The van der Waals surface area contributed by atoms with E-state index in [0.29, 0.717) is 0 Å². The molecule has 0 heterocycles. The zero-order valence-electron chi connectivity index (χ0n) is 10.6. The first-order valence-corrected chi connectivity index (χ1v) is 6.74. The molecule has 0 aliphatic carbocycles. The number of amidine groups is 1. The molecule has 0 saturated carbocycles. The van der Waals surface area contributed by atoms with Crippen molar-refractivity contribution in [2.45, 2.75) is 31.6 Å². The molecule has 0 unspecified atom stereocenters. The van der Waals surface area contributed by atoms with E-state index in [4.69, 9.17) is 11.1 Å². The summed E-state index contributed by atoms with van der Waals surface area (Å²) < 4.78 is 25.7. The van der Waals surface area contributed by atoms with E-state index in [2.05, 4.69) is 0 Å². The Balaban J connectivity index is 2.38. The number of hydrogen-bond acceptors (Lipinski definition) is 2. The molecule has 18 heavy (non-hydrogen) atoms. The molecule has 0 bridgehead atoms. The lowest BCUT2D eigenvalue weighted by atomic mass is 9.87. The first-order chi connectivity index (χ1) is 8.33. The standard InChI is InChI=1S/C13H18F2N2S/c1-13(2,12(16)17)6-3-7-18-9-4-5-10(14)11(15)8-9/h4-5,8H,3,6-7H2,1-2H3,(H3,16,17). The molecule has 1 rings (SSSR count). The van der Waals surface area contributed by atoms with Gasteiger partial charge in [-0.2, -0.15) is 0 Å². The van der Waals surface area contributed by atoms with Gasteiger partial charge in [0.1, 0.15) is 0 Å². The van der Waals surface area contributed by atoms with Crippen LogP contribution in [0.25, 0.3) is 0 Å². The van der Waals surface area contributed by atoms with E-state index in [1.54, 1.807) is 6.07 Å². The number of nitrogens with two attached hydrogens (primary N) is 1.